The number of nitrogens with two attached hydrogens (primary N) is 1. The normalized spacial score (nSPS) is 11.9. The molecular formula is C26H30FN7O5. The molecule has 0 aliphatic carbocycles. The molecule has 13 heteroatoms. The molecule has 0 saturated carbocycles. The molecule has 0 unspecified atom stereocenters. The van der Waals surface area contributed by atoms with Crippen LogP contribution in [0.15, 0.2) is 24.3 Å². The minimum Gasteiger partial charge on any atom is -0.482 e. The average Bonchev–Trinajstić information content (AvgIpc) is 3.18. The molecule has 3 aromatic rings. The molecule has 39 heavy (non-hydrogen) atoms. The number of ether oxygens (including phenoxy) is 3. The van der Waals surface area contributed by atoms with E-state index in [1.807, 2.05) is 0 Å². The molecule has 1 amide bonds. The molecule has 2 aromatic heterocycles. The summed E-state index contributed by atoms with van der Waals surface area (Å²) < 4.78 is 31.6. The molecular weight excluding hydrogens is 509 g/mol. The Morgan fingerprint density at radius 1 is 1.26 bits per heavy atom. The SMILES string of the molecule is COC(=O)c1ccc(F)cc1[C@@H](C)Oc1cc(-c2c(CN(C)C(=O)OC(C)(C)C)nn(C)c2C#N)nnc1N. The number of hydrogen-bond acceptors (Lipinski definition) is 10. The maximum atomic E-state index is 14.0. The van der Waals surface area contributed by atoms with Crippen LogP contribution in [0.2, 0.25) is 0 Å². The number of aromatic nitrogens is 4. The maximum Gasteiger partial charge on any atom is 0.410 e. The van der Waals surface area contributed by atoms with Crippen molar-refractivity contribution in [3.05, 3.63) is 52.6 Å². The Labute approximate surface area is 225 Å². The summed E-state index contributed by atoms with van der Waals surface area (Å²) in [6.45, 7) is 6.87. The number of nitriles is 1. The van der Waals surface area contributed by atoms with Gasteiger partial charge >= 0.3 is 12.1 Å². The van der Waals surface area contributed by atoms with Gasteiger partial charge in [-0.2, -0.15) is 10.4 Å². The van der Waals surface area contributed by atoms with Gasteiger partial charge in [0.1, 0.15) is 35.0 Å². The highest BCUT2D eigenvalue weighted by molar-refractivity contribution is 5.91. The Morgan fingerprint density at radius 2 is 1.95 bits per heavy atom. The maximum absolute atomic E-state index is 14.0. The molecule has 1 aromatic carbocycles. The molecule has 0 aliphatic heterocycles. The van der Waals surface area contributed by atoms with Crippen molar-refractivity contribution in [2.75, 3.05) is 19.9 Å². The van der Waals surface area contributed by atoms with Gasteiger partial charge in [-0.1, -0.05) is 0 Å². The minimum atomic E-state index is -0.851. The highest BCUT2D eigenvalue weighted by atomic mass is 19.1. The molecule has 3 rings (SSSR count). The molecule has 0 radical (unpaired) electrons. The van der Waals surface area contributed by atoms with E-state index in [1.165, 1.54) is 34.9 Å². The fourth-order valence-corrected chi connectivity index (χ4v) is 3.74. The third-order valence-corrected chi connectivity index (χ3v) is 5.52. The molecule has 2 heterocycles. The number of anilines is 1. The Kier molecular flexibility index (Phi) is 8.39. The molecule has 2 N–H and O–H groups in total. The van der Waals surface area contributed by atoms with Crippen LogP contribution in [0.4, 0.5) is 15.0 Å². The van der Waals surface area contributed by atoms with Gasteiger partial charge in [-0.15, -0.1) is 10.2 Å². The van der Waals surface area contributed by atoms with Crippen LogP contribution in [0, 0.1) is 17.1 Å². The second kappa shape index (κ2) is 11.3. The van der Waals surface area contributed by atoms with Crippen molar-refractivity contribution in [1.29, 1.82) is 5.26 Å². The smallest absolute Gasteiger partial charge is 0.410 e. The van der Waals surface area contributed by atoms with E-state index in [2.05, 4.69) is 21.4 Å². The number of carbonyl (C=O) groups is 2. The zero-order valence-electron chi connectivity index (χ0n) is 22.8. The van der Waals surface area contributed by atoms with Crippen molar-refractivity contribution in [2.45, 2.75) is 45.9 Å². The largest absolute Gasteiger partial charge is 0.482 e. The molecule has 0 saturated heterocycles. The van der Waals surface area contributed by atoms with Gasteiger partial charge in [0.2, 0.25) is 0 Å². The number of benzene rings is 1. The van der Waals surface area contributed by atoms with E-state index in [-0.39, 0.29) is 40.6 Å². The van der Waals surface area contributed by atoms with Gasteiger partial charge in [-0.3, -0.25) is 4.68 Å². The summed E-state index contributed by atoms with van der Waals surface area (Å²) in [6, 6.07) is 7.17. The minimum absolute atomic E-state index is 0.00416. The lowest BCUT2D eigenvalue weighted by Gasteiger charge is -2.24. The van der Waals surface area contributed by atoms with Crippen LogP contribution in [-0.4, -0.2) is 56.7 Å². The Balaban J connectivity index is 2.00. The van der Waals surface area contributed by atoms with Crippen LogP contribution < -0.4 is 10.5 Å². The number of methoxy groups -OCH3 is 1. The number of halogens is 1. The number of amides is 1. The summed E-state index contributed by atoms with van der Waals surface area (Å²) in [4.78, 5) is 26.1. The fraction of sp³-hybridized carbons (Fsp3) is 0.385. The first kappa shape index (κ1) is 28.8. The zero-order chi connectivity index (χ0) is 29.1. The van der Waals surface area contributed by atoms with Gasteiger partial charge < -0.3 is 24.8 Å². The van der Waals surface area contributed by atoms with Crippen molar-refractivity contribution >= 4 is 17.9 Å². The number of aryl methyl sites for hydroxylation is 1. The number of rotatable bonds is 7. The summed E-state index contributed by atoms with van der Waals surface area (Å²) >= 11 is 0. The van der Waals surface area contributed by atoms with Crippen molar-refractivity contribution in [1.82, 2.24) is 24.9 Å². The molecule has 0 spiro atoms. The van der Waals surface area contributed by atoms with Gasteiger partial charge in [0.05, 0.1) is 30.5 Å². The fourth-order valence-electron chi connectivity index (χ4n) is 3.74. The topological polar surface area (TPSA) is 158 Å². The molecule has 1 atom stereocenters. The summed E-state index contributed by atoms with van der Waals surface area (Å²) in [6.07, 6.45) is -1.42. The zero-order valence-corrected chi connectivity index (χ0v) is 22.8. The second-order valence-corrected chi connectivity index (χ2v) is 9.70. The van der Waals surface area contributed by atoms with Crippen LogP contribution in [-0.2, 0) is 23.1 Å². The summed E-state index contributed by atoms with van der Waals surface area (Å²) in [5, 5.41) is 22.3. The van der Waals surface area contributed by atoms with E-state index < -0.39 is 29.6 Å². The number of carbonyl (C=O) groups excluding carboxylic acids is 2. The molecule has 0 bridgehead atoms. The number of hydrogen-bond donors (Lipinski definition) is 1. The summed E-state index contributed by atoms with van der Waals surface area (Å²) in [5.41, 5.74) is 6.73. The van der Waals surface area contributed by atoms with Crippen molar-refractivity contribution < 1.29 is 28.2 Å². The predicted octanol–water partition coefficient (Wildman–Crippen LogP) is 3.76. The van der Waals surface area contributed by atoms with Crippen molar-refractivity contribution in [3.63, 3.8) is 0 Å². The first-order chi connectivity index (χ1) is 18.2. The standard InChI is InChI=1S/C26H30FN7O5/c1-14(17-10-15(27)8-9-16(17)24(35)37-7)38-21-11-18(30-31-23(21)29)22-19(32-34(6)20(22)12-28)13-33(5)25(36)39-26(2,3)4/h8-11,14H,13H2,1-7H3,(H2,29,31)/t14-/m1/s1. The summed E-state index contributed by atoms with van der Waals surface area (Å²) in [7, 11) is 4.35. The van der Waals surface area contributed by atoms with Crippen LogP contribution >= 0.6 is 0 Å². The van der Waals surface area contributed by atoms with Gasteiger partial charge in [0.15, 0.2) is 11.6 Å². The molecule has 0 fully saturated rings. The monoisotopic (exact) mass is 539 g/mol. The molecule has 12 nitrogen and oxygen atoms in total. The predicted molar refractivity (Wildman–Crippen MR) is 138 cm³/mol. The van der Waals surface area contributed by atoms with E-state index in [4.69, 9.17) is 19.9 Å². The number of nitrogens with zero attached hydrogens (tertiary/aromatic N) is 6. The molecule has 206 valence electrons. The van der Waals surface area contributed by atoms with Gasteiger partial charge in [-0.25, -0.2) is 14.0 Å². The van der Waals surface area contributed by atoms with E-state index in [9.17, 15) is 19.2 Å². The van der Waals surface area contributed by atoms with E-state index in [1.54, 1.807) is 41.8 Å². The quantitative estimate of drug-likeness (QED) is 0.438. The first-order valence-corrected chi connectivity index (χ1v) is 11.8. The van der Waals surface area contributed by atoms with Crippen LogP contribution in [0.1, 0.15) is 61.1 Å². The molecule has 0 aliphatic rings. The van der Waals surface area contributed by atoms with Crippen LogP contribution in [0.5, 0.6) is 5.75 Å². The van der Waals surface area contributed by atoms with Gasteiger partial charge in [0.25, 0.3) is 0 Å². The van der Waals surface area contributed by atoms with E-state index in [0.717, 1.165) is 6.07 Å². The van der Waals surface area contributed by atoms with Crippen LogP contribution in [0.25, 0.3) is 11.3 Å². The van der Waals surface area contributed by atoms with Crippen LogP contribution in [0.3, 0.4) is 0 Å². The highest BCUT2D eigenvalue weighted by Crippen LogP contribution is 2.33. The van der Waals surface area contributed by atoms with Gasteiger partial charge in [0, 0.05) is 25.7 Å². The first-order valence-electron chi connectivity index (χ1n) is 11.8. The lowest BCUT2D eigenvalue weighted by molar-refractivity contribution is 0.0283. The Bertz CT molecular complexity index is 1440. The highest BCUT2D eigenvalue weighted by Gasteiger charge is 2.26. The second-order valence-electron chi connectivity index (χ2n) is 9.70. The third kappa shape index (κ3) is 6.59. The summed E-state index contributed by atoms with van der Waals surface area (Å²) in [5.74, 6) is -1.22. The lowest BCUT2D eigenvalue weighted by atomic mass is 10.0. The Morgan fingerprint density at radius 3 is 2.56 bits per heavy atom. The van der Waals surface area contributed by atoms with Crippen molar-refractivity contribution in [3.8, 4) is 23.1 Å². The van der Waals surface area contributed by atoms with Crippen molar-refractivity contribution in [2.24, 2.45) is 7.05 Å². The third-order valence-electron chi connectivity index (χ3n) is 5.52. The number of esters is 1. The lowest BCUT2D eigenvalue weighted by Crippen LogP contribution is -2.34. The Hall–Kier alpha value is -4.73. The number of nitrogen functional groups attached to an aromatic ring is 1. The average molecular weight is 540 g/mol. The van der Waals surface area contributed by atoms with E-state index >= 15 is 0 Å². The van der Waals surface area contributed by atoms with Gasteiger partial charge in [-0.05, 0) is 45.9 Å². The van der Waals surface area contributed by atoms with E-state index in [0.29, 0.717) is 11.3 Å².